The van der Waals surface area contributed by atoms with Crippen LogP contribution in [0.5, 0.6) is 5.75 Å². The summed E-state index contributed by atoms with van der Waals surface area (Å²) < 4.78 is 6.77. The fraction of sp³-hybridized carbons (Fsp3) is 0.692. The molecule has 0 bridgehead atoms. The predicted octanol–water partition coefficient (Wildman–Crippen LogP) is 2.68. The van der Waals surface area contributed by atoms with E-state index in [-0.39, 0.29) is 5.78 Å². The third-order valence-corrected chi connectivity index (χ3v) is 4.76. The fourth-order valence-corrected chi connectivity index (χ4v) is 3.57. The van der Waals surface area contributed by atoms with E-state index >= 15 is 0 Å². The van der Waals surface area contributed by atoms with Crippen molar-refractivity contribution in [3.8, 4) is 5.75 Å². The molecule has 0 unspecified atom stereocenters. The van der Waals surface area contributed by atoms with Gasteiger partial charge in [0.2, 0.25) is 0 Å². The highest BCUT2D eigenvalue weighted by Gasteiger charge is 2.20. The Hall–Kier alpha value is -0.970. The molecule has 0 radical (unpaired) electrons. The summed E-state index contributed by atoms with van der Waals surface area (Å²) in [5, 5.41) is 4.72. The number of ketones is 1. The topological polar surface area (TPSA) is 44.1 Å². The van der Waals surface area contributed by atoms with Crippen LogP contribution in [0.25, 0.3) is 0 Å². The minimum atomic E-state index is 0.113. The summed E-state index contributed by atoms with van der Waals surface area (Å²) in [7, 11) is 3.35. The molecule has 5 heteroatoms. The van der Waals surface area contributed by atoms with Gasteiger partial charge in [-0.1, -0.05) is 19.3 Å². The van der Waals surface area contributed by atoms with E-state index in [1.165, 1.54) is 32.1 Å². The number of Topliss-reactive ketones (excluding diaryl/α,β-unsaturated/α-hetero) is 1. The lowest BCUT2D eigenvalue weighted by Gasteiger charge is -2.20. The highest BCUT2D eigenvalue weighted by molar-refractivity contribution is 8.00. The van der Waals surface area contributed by atoms with Gasteiger partial charge in [-0.25, -0.2) is 0 Å². The van der Waals surface area contributed by atoms with Crippen LogP contribution in [0, 0.1) is 0 Å². The number of aromatic nitrogens is 2. The van der Waals surface area contributed by atoms with Crippen molar-refractivity contribution in [3.05, 3.63) is 11.9 Å². The summed E-state index contributed by atoms with van der Waals surface area (Å²) in [6, 6.07) is 0. The van der Waals surface area contributed by atoms with Crippen LogP contribution in [0.3, 0.4) is 0 Å². The second-order valence-corrected chi connectivity index (χ2v) is 5.97. The van der Waals surface area contributed by atoms with Crippen molar-refractivity contribution < 1.29 is 9.53 Å². The van der Waals surface area contributed by atoms with Crippen LogP contribution in [-0.2, 0) is 7.05 Å². The zero-order valence-electron chi connectivity index (χ0n) is 11.0. The Morgan fingerprint density at radius 1 is 1.50 bits per heavy atom. The number of hydrogen-bond acceptors (Lipinski definition) is 4. The van der Waals surface area contributed by atoms with Crippen molar-refractivity contribution in [2.24, 2.45) is 7.05 Å². The van der Waals surface area contributed by atoms with E-state index in [0.29, 0.717) is 22.4 Å². The maximum atomic E-state index is 12.2. The molecule has 0 aliphatic heterocycles. The highest BCUT2D eigenvalue weighted by atomic mass is 32.2. The Balaban J connectivity index is 1.92. The third kappa shape index (κ3) is 3.07. The van der Waals surface area contributed by atoms with Gasteiger partial charge in [0.15, 0.2) is 11.5 Å². The van der Waals surface area contributed by atoms with Gasteiger partial charge in [-0.05, 0) is 12.8 Å². The maximum absolute atomic E-state index is 12.2. The number of nitrogens with zero attached hydrogens (tertiary/aromatic N) is 2. The molecular weight excluding hydrogens is 248 g/mol. The molecule has 0 amide bonds. The molecule has 1 aliphatic carbocycles. The summed E-state index contributed by atoms with van der Waals surface area (Å²) in [5.41, 5.74) is 0.584. The molecule has 1 heterocycles. The van der Waals surface area contributed by atoms with Crippen LogP contribution in [0.2, 0.25) is 0 Å². The minimum absolute atomic E-state index is 0.113. The highest BCUT2D eigenvalue weighted by Crippen LogP contribution is 2.29. The van der Waals surface area contributed by atoms with Crippen LogP contribution < -0.4 is 4.74 Å². The van der Waals surface area contributed by atoms with E-state index in [1.807, 2.05) is 0 Å². The second-order valence-electron chi connectivity index (χ2n) is 4.68. The van der Waals surface area contributed by atoms with Crippen molar-refractivity contribution >= 4 is 17.5 Å². The van der Waals surface area contributed by atoms with E-state index in [9.17, 15) is 4.79 Å². The van der Waals surface area contributed by atoms with E-state index < -0.39 is 0 Å². The number of rotatable bonds is 5. The van der Waals surface area contributed by atoms with Crippen molar-refractivity contribution in [2.45, 2.75) is 37.4 Å². The fourth-order valence-electron chi connectivity index (χ4n) is 2.38. The minimum Gasteiger partial charge on any atom is -0.493 e. The smallest absolute Gasteiger partial charge is 0.194 e. The zero-order chi connectivity index (χ0) is 13.0. The molecule has 1 fully saturated rings. The van der Waals surface area contributed by atoms with Gasteiger partial charge >= 0.3 is 0 Å². The summed E-state index contributed by atoms with van der Waals surface area (Å²) in [6.45, 7) is 0. The molecule has 0 N–H and O–H groups in total. The van der Waals surface area contributed by atoms with Gasteiger partial charge in [-0.15, -0.1) is 0 Å². The number of thioether (sulfide) groups is 1. The number of carbonyl (C=O) groups is 1. The molecule has 4 nitrogen and oxygen atoms in total. The van der Waals surface area contributed by atoms with Crippen LogP contribution in [-0.4, -0.2) is 33.7 Å². The molecule has 1 saturated carbocycles. The van der Waals surface area contributed by atoms with E-state index in [1.54, 1.807) is 36.8 Å². The molecule has 2 rings (SSSR count). The van der Waals surface area contributed by atoms with Gasteiger partial charge in [-0.3, -0.25) is 9.48 Å². The maximum Gasteiger partial charge on any atom is 0.194 e. The average molecular weight is 268 g/mol. The van der Waals surface area contributed by atoms with Crippen LogP contribution in [0.1, 0.15) is 42.6 Å². The van der Waals surface area contributed by atoms with Crippen LogP contribution >= 0.6 is 11.8 Å². The molecule has 0 atom stereocenters. The van der Waals surface area contributed by atoms with Gasteiger partial charge in [0, 0.05) is 12.3 Å². The Bertz CT molecular complexity index is 411. The standard InChI is InChI=1S/C13H20N2O2S/c1-15-13(12(17-2)8-14-15)11(16)9-18-10-6-4-3-5-7-10/h8,10H,3-7,9H2,1-2H3. The van der Waals surface area contributed by atoms with Crippen molar-refractivity contribution in [1.82, 2.24) is 9.78 Å². The van der Waals surface area contributed by atoms with Gasteiger partial charge in [0.1, 0.15) is 5.69 Å². The van der Waals surface area contributed by atoms with Crippen LogP contribution in [0.15, 0.2) is 6.20 Å². The Labute approximate surface area is 112 Å². The molecule has 100 valence electrons. The first kappa shape index (κ1) is 13.5. The molecule has 0 aromatic carbocycles. The Morgan fingerprint density at radius 2 is 2.22 bits per heavy atom. The van der Waals surface area contributed by atoms with E-state index in [4.69, 9.17) is 4.74 Å². The van der Waals surface area contributed by atoms with Crippen LogP contribution in [0.4, 0.5) is 0 Å². The van der Waals surface area contributed by atoms with Crippen molar-refractivity contribution in [1.29, 1.82) is 0 Å². The summed E-state index contributed by atoms with van der Waals surface area (Å²) in [6.07, 6.45) is 8.06. The quantitative estimate of drug-likeness (QED) is 0.770. The Kier molecular flexibility index (Phi) is 4.69. The largest absolute Gasteiger partial charge is 0.493 e. The molecule has 0 saturated heterocycles. The van der Waals surface area contributed by atoms with Crippen molar-refractivity contribution in [2.75, 3.05) is 12.9 Å². The molecule has 18 heavy (non-hydrogen) atoms. The molecule has 1 aliphatic rings. The van der Waals surface area contributed by atoms with Gasteiger partial charge < -0.3 is 4.74 Å². The van der Waals surface area contributed by atoms with Gasteiger partial charge in [0.25, 0.3) is 0 Å². The molecule has 1 aromatic heterocycles. The summed E-state index contributed by atoms with van der Waals surface area (Å²) >= 11 is 1.79. The SMILES string of the molecule is COc1cnn(C)c1C(=O)CSC1CCCCC1. The van der Waals surface area contributed by atoms with Gasteiger partial charge in [0.05, 0.1) is 19.1 Å². The van der Waals surface area contributed by atoms with E-state index in [0.717, 1.165) is 0 Å². The van der Waals surface area contributed by atoms with Crippen molar-refractivity contribution in [3.63, 3.8) is 0 Å². The third-order valence-electron chi connectivity index (χ3n) is 3.39. The summed E-state index contributed by atoms with van der Waals surface area (Å²) in [5.74, 6) is 1.22. The molecular formula is C13H20N2O2S. The predicted molar refractivity (Wildman–Crippen MR) is 73.4 cm³/mol. The number of methoxy groups -OCH3 is 1. The molecule has 0 spiro atoms. The first-order valence-corrected chi connectivity index (χ1v) is 7.48. The normalized spacial score (nSPS) is 16.8. The number of ether oxygens (including phenoxy) is 1. The lowest BCUT2D eigenvalue weighted by molar-refractivity contribution is 0.101. The van der Waals surface area contributed by atoms with E-state index in [2.05, 4.69) is 5.10 Å². The summed E-state index contributed by atoms with van der Waals surface area (Å²) in [4.78, 5) is 12.2. The lowest BCUT2D eigenvalue weighted by atomic mass is 10.0. The first-order valence-electron chi connectivity index (χ1n) is 6.43. The van der Waals surface area contributed by atoms with Gasteiger partial charge in [-0.2, -0.15) is 16.9 Å². The second kappa shape index (κ2) is 6.27. The zero-order valence-corrected chi connectivity index (χ0v) is 11.8. The number of hydrogen-bond donors (Lipinski definition) is 0. The number of carbonyl (C=O) groups excluding carboxylic acids is 1. The lowest BCUT2D eigenvalue weighted by Crippen LogP contribution is -2.15. The monoisotopic (exact) mass is 268 g/mol. The average Bonchev–Trinajstić information content (AvgIpc) is 2.78. The molecule has 1 aromatic rings. The Morgan fingerprint density at radius 3 is 2.89 bits per heavy atom. The first-order chi connectivity index (χ1) is 8.72. The number of aryl methyl sites for hydroxylation is 1.